The second kappa shape index (κ2) is 6.29. The first-order valence-corrected chi connectivity index (χ1v) is 10.1. The first-order chi connectivity index (χ1) is 13.8. The number of urea groups is 1. The molecule has 1 aromatic carbocycles. The predicted octanol–water partition coefficient (Wildman–Crippen LogP) is 4.29. The highest BCUT2D eigenvalue weighted by molar-refractivity contribution is 6.30. The van der Waals surface area contributed by atoms with Crippen LogP contribution in [0.3, 0.4) is 0 Å². The smallest absolute Gasteiger partial charge is 0.324 e. The van der Waals surface area contributed by atoms with E-state index in [2.05, 4.69) is 9.88 Å². The van der Waals surface area contributed by atoms with Crippen molar-refractivity contribution < 1.29 is 13.6 Å². The maximum Gasteiger partial charge on any atom is 0.324 e. The summed E-state index contributed by atoms with van der Waals surface area (Å²) in [4.78, 5) is 22.9. The molecule has 8 heteroatoms. The Labute approximate surface area is 172 Å². The molecule has 1 spiro atoms. The second-order valence-electron chi connectivity index (χ2n) is 8.46. The first kappa shape index (κ1) is 18.6. The first-order valence-electron chi connectivity index (χ1n) is 9.68. The summed E-state index contributed by atoms with van der Waals surface area (Å²) in [6.45, 7) is 5.01. The van der Waals surface area contributed by atoms with Crippen LogP contribution in [0.5, 0.6) is 0 Å². The number of aromatic nitrogens is 1. The number of alkyl halides is 2. The van der Waals surface area contributed by atoms with E-state index in [0.29, 0.717) is 13.1 Å². The van der Waals surface area contributed by atoms with Crippen molar-refractivity contribution in [3.63, 3.8) is 0 Å². The summed E-state index contributed by atoms with van der Waals surface area (Å²) in [5, 5.41) is 0.250. The molecule has 0 N–H and O–H groups in total. The van der Waals surface area contributed by atoms with Gasteiger partial charge in [0, 0.05) is 61.3 Å². The second-order valence-corrected chi connectivity index (χ2v) is 8.89. The molecule has 5 rings (SSSR count). The fourth-order valence-corrected chi connectivity index (χ4v) is 4.76. The Kier molecular flexibility index (Phi) is 4.04. The number of benzene rings is 1. The molecule has 29 heavy (non-hydrogen) atoms. The summed E-state index contributed by atoms with van der Waals surface area (Å²) < 4.78 is 28.6. The van der Waals surface area contributed by atoms with Gasteiger partial charge in [0.15, 0.2) is 0 Å². The molecule has 5 nitrogen and oxygen atoms in total. The molecule has 152 valence electrons. The zero-order chi connectivity index (χ0) is 20.4. The van der Waals surface area contributed by atoms with Gasteiger partial charge in [-0.05, 0) is 36.8 Å². The summed E-state index contributed by atoms with van der Waals surface area (Å²) in [5.41, 5.74) is 1.30. The van der Waals surface area contributed by atoms with E-state index in [0.717, 1.165) is 24.5 Å². The van der Waals surface area contributed by atoms with Crippen LogP contribution in [-0.2, 0) is 5.92 Å². The molecule has 1 aromatic heterocycles. The van der Waals surface area contributed by atoms with Crippen molar-refractivity contribution in [1.82, 2.24) is 9.88 Å². The van der Waals surface area contributed by atoms with Crippen molar-refractivity contribution in [3.05, 3.63) is 52.7 Å². The highest BCUT2D eigenvalue weighted by Gasteiger charge is 2.55. The third-order valence-corrected chi connectivity index (χ3v) is 6.35. The van der Waals surface area contributed by atoms with E-state index in [4.69, 9.17) is 11.6 Å². The normalized spacial score (nSPS) is 21.4. The molecule has 3 aliphatic rings. The van der Waals surface area contributed by atoms with E-state index in [9.17, 15) is 13.6 Å². The van der Waals surface area contributed by atoms with Crippen LogP contribution >= 0.6 is 11.6 Å². The Bertz CT molecular complexity index is 967. The lowest BCUT2D eigenvalue weighted by atomic mass is 9.73. The minimum atomic E-state index is -2.97. The Morgan fingerprint density at radius 1 is 1.14 bits per heavy atom. The number of amides is 2. The van der Waals surface area contributed by atoms with Crippen molar-refractivity contribution in [1.29, 1.82) is 0 Å². The number of fused-ring (bicyclic) bond motifs is 1. The molecular formula is C21H21ClF2N4O. The number of hydrogen-bond donors (Lipinski definition) is 0. The highest BCUT2D eigenvalue weighted by Crippen LogP contribution is 2.46. The molecule has 0 unspecified atom stereocenters. The zero-order valence-electron chi connectivity index (χ0n) is 16.0. The van der Waals surface area contributed by atoms with Crippen LogP contribution in [0.25, 0.3) is 0 Å². The van der Waals surface area contributed by atoms with Gasteiger partial charge in [0.05, 0.1) is 5.69 Å². The van der Waals surface area contributed by atoms with E-state index in [-0.39, 0.29) is 34.3 Å². The fourth-order valence-electron chi connectivity index (χ4n) is 4.58. The van der Waals surface area contributed by atoms with Gasteiger partial charge in [-0.2, -0.15) is 0 Å². The molecular weight excluding hydrogens is 398 g/mol. The zero-order valence-corrected chi connectivity index (χ0v) is 16.8. The number of hydrogen-bond acceptors (Lipinski definition) is 3. The standard InChI is InChI=1S/C21H21ClF2N4O/c1-14-2-5-18(25-9-14)26-10-20(11-26)12-27(13-20)19(29)28-7-6-21(23,24)16-8-15(22)3-4-17(16)28/h2-5,8-9H,6-7,10-13H2,1H3. The number of anilines is 2. The third-order valence-electron chi connectivity index (χ3n) is 6.12. The summed E-state index contributed by atoms with van der Waals surface area (Å²) >= 11 is 5.91. The predicted molar refractivity (Wildman–Crippen MR) is 108 cm³/mol. The molecule has 0 radical (unpaired) electrons. The number of likely N-dealkylation sites (tertiary alicyclic amines) is 1. The molecule has 2 fully saturated rings. The molecule has 0 bridgehead atoms. The van der Waals surface area contributed by atoms with Crippen molar-refractivity contribution in [2.75, 3.05) is 42.5 Å². The number of carbonyl (C=O) groups is 1. The van der Waals surface area contributed by atoms with Crippen LogP contribution in [0.1, 0.15) is 17.5 Å². The molecule has 2 aromatic rings. The number of aryl methyl sites for hydroxylation is 1. The maximum atomic E-state index is 14.3. The molecule has 0 aliphatic carbocycles. The molecule has 2 amide bonds. The Morgan fingerprint density at radius 3 is 2.59 bits per heavy atom. The number of halogens is 3. The van der Waals surface area contributed by atoms with Gasteiger partial charge in [-0.25, -0.2) is 18.6 Å². The number of nitrogens with zero attached hydrogens (tertiary/aromatic N) is 4. The summed E-state index contributed by atoms with van der Waals surface area (Å²) in [6.07, 6.45) is 1.46. The number of pyridine rings is 1. The molecule has 0 saturated carbocycles. The van der Waals surface area contributed by atoms with Crippen molar-refractivity contribution in [3.8, 4) is 0 Å². The maximum absolute atomic E-state index is 14.3. The Hall–Kier alpha value is -2.41. The molecule has 0 atom stereocenters. The van der Waals surface area contributed by atoms with E-state index in [1.807, 2.05) is 25.3 Å². The minimum Gasteiger partial charge on any atom is -0.355 e. The van der Waals surface area contributed by atoms with Gasteiger partial charge in [0.25, 0.3) is 5.92 Å². The van der Waals surface area contributed by atoms with Gasteiger partial charge in [0.2, 0.25) is 0 Å². The number of rotatable bonds is 1. The van der Waals surface area contributed by atoms with Gasteiger partial charge in [-0.15, -0.1) is 0 Å². The topological polar surface area (TPSA) is 39.7 Å². The molecule has 2 saturated heterocycles. The van der Waals surface area contributed by atoms with Crippen LogP contribution in [-0.4, -0.2) is 48.6 Å². The lowest BCUT2D eigenvalue weighted by Crippen LogP contribution is -2.74. The van der Waals surface area contributed by atoms with Crippen LogP contribution in [0.4, 0.5) is 25.1 Å². The summed E-state index contributed by atoms with van der Waals surface area (Å²) in [6, 6.07) is 8.19. The van der Waals surface area contributed by atoms with Crippen LogP contribution < -0.4 is 9.80 Å². The minimum absolute atomic E-state index is 0.00335. The third kappa shape index (κ3) is 3.03. The SMILES string of the molecule is Cc1ccc(N2CC3(CN(C(=O)N4CCC(F)(F)c5cc(Cl)ccc54)C3)C2)nc1. The van der Waals surface area contributed by atoms with E-state index >= 15 is 0 Å². The molecule has 4 heterocycles. The fraction of sp³-hybridized carbons (Fsp3) is 0.429. The van der Waals surface area contributed by atoms with Crippen molar-refractivity contribution >= 4 is 29.1 Å². The largest absolute Gasteiger partial charge is 0.355 e. The summed E-state index contributed by atoms with van der Waals surface area (Å²) in [5.74, 6) is -2.02. The highest BCUT2D eigenvalue weighted by atomic mass is 35.5. The van der Waals surface area contributed by atoms with Crippen LogP contribution in [0.2, 0.25) is 5.02 Å². The van der Waals surface area contributed by atoms with Gasteiger partial charge < -0.3 is 9.80 Å². The van der Waals surface area contributed by atoms with E-state index in [1.54, 1.807) is 11.0 Å². The number of carbonyl (C=O) groups excluding carboxylic acids is 1. The van der Waals surface area contributed by atoms with E-state index < -0.39 is 12.3 Å². The van der Waals surface area contributed by atoms with Gasteiger partial charge in [-0.3, -0.25) is 4.90 Å². The van der Waals surface area contributed by atoms with Crippen molar-refractivity contribution in [2.45, 2.75) is 19.3 Å². The van der Waals surface area contributed by atoms with Crippen LogP contribution in [0.15, 0.2) is 36.5 Å². The monoisotopic (exact) mass is 418 g/mol. The summed E-state index contributed by atoms with van der Waals surface area (Å²) in [7, 11) is 0. The van der Waals surface area contributed by atoms with Crippen molar-refractivity contribution in [2.24, 2.45) is 5.41 Å². The van der Waals surface area contributed by atoms with Gasteiger partial charge >= 0.3 is 6.03 Å². The average Bonchev–Trinajstić information content (AvgIpc) is 2.61. The van der Waals surface area contributed by atoms with Crippen LogP contribution in [0, 0.1) is 12.3 Å². The lowest BCUT2D eigenvalue weighted by Gasteiger charge is -2.61. The Balaban J connectivity index is 1.25. The quantitative estimate of drug-likeness (QED) is 0.693. The van der Waals surface area contributed by atoms with Gasteiger partial charge in [-0.1, -0.05) is 17.7 Å². The van der Waals surface area contributed by atoms with Gasteiger partial charge in [0.1, 0.15) is 5.82 Å². The van der Waals surface area contributed by atoms with E-state index in [1.165, 1.54) is 17.0 Å². The lowest BCUT2D eigenvalue weighted by molar-refractivity contribution is -0.0171. The molecule has 3 aliphatic heterocycles. The average molecular weight is 419 g/mol. The Morgan fingerprint density at radius 2 is 1.90 bits per heavy atom.